The first-order valence-electron chi connectivity index (χ1n) is 7.19. The number of rotatable bonds is 5. The molecule has 0 saturated carbocycles. The van der Waals surface area contributed by atoms with Gasteiger partial charge in [0.05, 0.1) is 11.6 Å². The van der Waals surface area contributed by atoms with Crippen molar-refractivity contribution >= 4 is 28.4 Å². The van der Waals surface area contributed by atoms with Crippen molar-refractivity contribution in [3.63, 3.8) is 0 Å². The third-order valence-electron chi connectivity index (χ3n) is 3.63. The zero-order chi connectivity index (χ0) is 17.1. The average Bonchev–Trinajstić information content (AvgIpc) is 2.99. The van der Waals surface area contributed by atoms with Gasteiger partial charge in [0.1, 0.15) is 18.2 Å². The van der Waals surface area contributed by atoms with Crippen LogP contribution in [0.1, 0.15) is 10.4 Å². The number of amides is 1. The van der Waals surface area contributed by atoms with Gasteiger partial charge in [0.2, 0.25) is 0 Å². The number of hydrogen-bond acceptors (Lipinski definition) is 3. The third kappa shape index (κ3) is 3.34. The Morgan fingerprint density at radius 3 is 2.83 bits per heavy atom. The first kappa shape index (κ1) is 16.3. The van der Waals surface area contributed by atoms with Crippen LogP contribution in [0.3, 0.4) is 0 Å². The largest absolute Gasteiger partial charge is 0.492 e. The highest BCUT2D eigenvalue weighted by Gasteiger charge is 2.08. The molecule has 1 aromatic heterocycles. The van der Waals surface area contributed by atoms with E-state index in [1.807, 2.05) is 16.8 Å². The highest BCUT2D eigenvalue weighted by Crippen LogP contribution is 2.22. The Balaban J connectivity index is 1.72. The standard InChI is InChI=1S/C17H14ClFN2O3/c18-14-10-13(3-4-15(14)19)24-8-7-21-6-5-11-1-2-12(9-16(11)21)17(22)20-23/h1-6,9-10,23H,7-8H2,(H,20,22). The van der Waals surface area contributed by atoms with Crippen LogP contribution in [0.2, 0.25) is 5.02 Å². The summed E-state index contributed by atoms with van der Waals surface area (Å²) in [5.41, 5.74) is 2.82. The molecule has 0 unspecified atom stereocenters. The van der Waals surface area contributed by atoms with E-state index >= 15 is 0 Å². The van der Waals surface area contributed by atoms with Gasteiger partial charge in [0.25, 0.3) is 5.91 Å². The van der Waals surface area contributed by atoms with Crippen molar-refractivity contribution in [1.82, 2.24) is 10.0 Å². The number of benzene rings is 2. The fraction of sp³-hybridized carbons (Fsp3) is 0.118. The van der Waals surface area contributed by atoms with E-state index in [1.165, 1.54) is 18.2 Å². The molecule has 0 fully saturated rings. The summed E-state index contributed by atoms with van der Waals surface area (Å²) in [6.45, 7) is 0.880. The molecule has 0 atom stereocenters. The van der Waals surface area contributed by atoms with Crippen LogP contribution in [-0.4, -0.2) is 22.3 Å². The summed E-state index contributed by atoms with van der Waals surface area (Å²) in [6.07, 6.45) is 1.88. The lowest BCUT2D eigenvalue weighted by atomic mass is 10.1. The summed E-state index contributed by atoms with van der Waals surface area (Å²) < 4.78 is 20.6. The normalized spacial score (nSPS) is 10.8. The molecule has 3 aromatic rings. The molecule has 5 nitrogen and oxygen atoms in total. The Kier molecular flexibility index (Phi) is 4.69. The van der Waals surface area contributed by atoms with E-state index in [1.54, 1.807) is 23.7 Å². The van der Waals surface area contributed by atoms with Gasteiger partial charge >= 0.3 is 0 Å². The lowest BCUT2D eigenvalue weighted by Crippen LogP contribution is -2.18. The van der Waals surface area contributed by atoms with Crippen molar-refractivity contribution in [2.24, 2.45) is 0 Å². The van der Waals surface area contributed by atoms with Crippen LogP contribution in [-0.2, 0) is 6.54 Å². The van der Waals surface area contributed by atoms with Crippen molar-refractivity contribution < 1.29 is 19.1 Å². The first-order valence-corrected chi connectivity index (χ1v) is 7.57. The monoisotopic (exact) mass is 348 g/mol. The van der Waals surface area contributed by atoms with E-state index in [-0.39, 0.29) is 5.02 Å². The summed E-state index contributed by atoms with van der Waals surface area (Å²) in [4.78, 5) is 11.5. The minimum atomic E-state index is -0.568. The van der Waals surface area contributed by atoms with Crippen LogP contribution in [0.4, 0.5) is 4.39 Å². The quantitative estimate of drug-likeness (QED) is 0.546. The van der Waals surface area contributed by atoms with Gasteiger partial charge in [-0.3, -0.25) is 10.0 Å². The van der Waals surface area contributed by atoms with Crippen LogP contribution in [0.15, 0.2) is 48.7 Å². The smallest absolute Gasteiger partial charge is 0.274 e. The van der Waals surface area contributed by atoms with E-state index in [4.69, 9.17) is 21.5 Å². The highest BCUT2D eigenvalue weighted by atomic mass is 35.5. The van der Waals surface area contributed by atoms with Gasteiger partial charge in [-0.2, -0.15) is 0 Å². The SMILES string of the molecule is O=C(NO)c1ccc2ccn(CCOc3ccc(F)c(Cl)c3)c2c1. The Morgan fingerprint density at radius 1 is 1.25 bits per heavy atom. The number of nitrogens with zero attached hydrogens (tertiary/aromatic N) is 1. The molecular weight excluding hydrogens is 335 g/mol. The number of aromatic nitrogens is 1. The second kappa shape index (κ2) is 6.90. The molecule has 0 aliphatic carbocycles. The van der Waals surface area contributed by atoms with Crippen LogP contribution in [0.25, 0.3) is 10.9 Å². The molecule has 0 spiro atoms. The van der Waals surface area contributed by atoms with Crippen molar-refractivity contribution in [3.05, 3.63) is 65.1 Å². The molecular formula is C17H14ClFN2O3. The van der Waals surface area contributed by atoms with Crippen LogP contribution in [0, 0.1) is 5.82 Å². The van der Waals surface area contributed by atoms with Crippen molar-refractivity contribution in [3.8, 4) is 5.75 Å². The van der Waals surface area contributed by atoms with Crippen LogP contribution in [0.5, 0.6) is 5.75 Å². The maximum Gasteiger partial charge on any atom is 0.274 e. The molecule has 2 aromatic carbocycles. The Labute approximate surface area is 142 Å². The average molecular weight is 349 g/mol. The van der Waals surface area contributed by atoms with E-state index in [0.29, 0.717) is 24.5 Å². The lowest BCUT2D eigenvalue weighted by molar-refractivity contribution is 0.0706. The van der Waals surface area contributed by atoms with Gasteiger partial charge in [-0.1, -0.05) is 17.7 Å². The Hall–Kier alpha value is -2.57. The summed E-state index contributed by atoms with van der Waals surface area (Å²) in [5, 5.41) is 9.71. The topological polar surface area (TPSA) is 63.5 Å². The van der Waals surface area contributed by atoms with Crippen molar-refractivity contribution in [2.75, 3.05) is 6.61 Å². The number of ether oxygens (including phenoxy) is 1. The minimum Gasteiger partial charge on any atom is -0.492 e. The molecule has 0 bridgehead atoms. The van der Waals surface area contributed by atoms with E-state index in [9.17, 15) is 9.18 Å². The predicted molar refractivity (Wildman–Crippen MR) is 88.1 cm³/mol. The number of carbonyl (C=O) groups excluding carboxylic acids is 1. The molecule has 1 heterocycles. The van der Waals surface area contributed by atoms with Gasteiger partial charge in [0.15, 0.2) is 0 Å². The van der Waals surface area contributed by atoms with Gasteiger partial charge in [0, 0.05) is 23.3 Å². The number of fused-ring (bicyclic) bond motifs is 1. The van der Waals surface area contributed by atoms with Gasteiger partial charge in [-0.25, -0.2) is 9.87 Å². The third-order valence-corrected chi connectivity index (χ3v) is 3.92. The second-order valence-corrected chi connectivity index (χ2v) is 5.56. The van der Waals surface area contributed by atoms with Crippen molar-refractivity contribution in [2.45, 2.75) is 6.54 Å². The molecule has 0 radical (unpaired) electrons. The number of halogens is 2. The fourth-order valence-electron chi connectivity index (χ4n) is 2.41. The van der Waals surface area contributed by atoms with Gasteiger partial charge in [-0.05, 0) is 35.7 Å². The second-order valence-electron chi connectivity index (χ2n) is 5.15. The summed E-state index contributed by atoms with van der Waals surface area (Å²) in [6, 6.07) is 11.2. The summed E-state index contributed by atoms with van der Waals surface area (Å²) >= 11 is 5.71. The molecule has 2 N–H and O–H groups in total. The lowest BCUT2D eigenvalue weighted by Gasteiger charge is -2.09. The molecule has 124 valence electrons. The van der Waals surface area contributed by atoms with Crippen molar-refractivity contribution in [1.29, 1.82) is 0 Å². The van der Waals surface area contributed by atoms with Gasteiger partial charge < -0.3 is 9.30 Å². The molecule has 24 heavy (non-hydrogen) atoms. The molecule has 3 rings (SSSR count). The number of nitrogens with one attached hydrogen (secondary N) is 1. The maximum absolute atomic E-state index is 13.1. The number of hydroxylamine groups is 1. The maximum atomic E-state index is 13.1. The predicted octanol–water partition coefficient (Wildman–Crippen LogP) is 3.63. The van der Waals surface area contributed by atoms with Crippen LogP contribution >= 0.6 is 11.6 Å². The Morgan fingerprint density at radius 2 is 2.08 bits per heavy atom. The summed E-state index contributed by atoms with van der Waals surface area (Å²) in [5.74, 6) is -0.574. The van der Waals surface area contributed by atoms with E-state index < -0.39 is 11.7 Å². The van der Waals surface area contributed by atoms with E-state index in [2.05, 4.69) is 0 Å². The molecule has 0 saturated heterocycles. The van der Waals surface area contributed by atoms with Crippen LogP contribution < -0.4 is 10.2 Å². The molecule has 1 amide bonds. The van der Waals surface area contributed by atoms with E-state index in [0.717, 1.165) is 10.9 Å². The first-order chi connectivity index (χ1) is 11.6. The molecule has 7 heteroatoms. The zero-order valence-corrected chi connectivity index (χ0v) is 13.3. The summed E-state index contributed by atoms with van der Waals surface area (Å²) in [7, 11) is 0. The highest BCUT2D eigenvalue weighted by molar-refractivity contribution is 6.30. The minimum absolute atomic E-state index is 0.0126. The number of carbonyl (C=O) groups is 1. The zero-order valence-electron chi connectivity index (χ0n) is 12.5. The molecule has 0 aliphatic rings. The molecule has 0 aliphatic heterocycles. The number of hydrogen-bond donors (Lipinski definition) is 2. The fourth-order valence-corrected chi connectivity index (χ4v) is 2.58. The Bertz CT molecular complexity index is 895. The van der Waals surface area contributed by atoms with Gasteiger partial charge in [-0.15, -0.1) is 0 Å².